The first-order valence-corrected chi connectivity index (χ1v) is 11.7. The van der Waals surface area contributed by atoms with Crippen molar-refractivity contribution in [2.24, 2.45) is 11.5 Å². The van der Waals surface area contributed by atoms with Crippen molar-refractivity contribution in [2.45, 2.75) is 28.6 Å². The maximum Gasteiger partial charge on any atom is 0.306 e. The van der Waals surface area contributed by atoms with Gasteiger partial charge in [-0.2, -0.15) is 0 Å². The molecule has 0 aliphatic rings. The fourth-order valence-electron chi connectivity index (χ4n) is 3.67. The van der Waals surface area contributed by atoms with Crippen molar-refractivity contribution in [1.82, 2.24) is 0 Å². The van der Waals surface area contributed by atoms with E-state index in [9.17, 15) is 23.1 Å². The number of carboxylic acid groups (broad SMARTS) is 1. The molecular weight excluding hydrogens is 468 g/mol. The number of sulfone groups is 1. The van der Waals surface area contributed by atoms with Crippen LogP contribution >= 0.6 is 11.6 Å². The minimum absolute atomic E-state index is 0.00761. The van der Waals surface area contributed by atoms with Crippen LogP contribution in [0.1, 0.15) is 12.0 Å². The van der Waals surface area contributed by atoms with Crippen LogP contribution in [0, 0.1) is 0 Å². The highest BCUT2D eigenvalue weighted by Crippen LogP contribution is 2.38. The number of hydrogen-bond acceptors (Lipinski definition) is 7. The minimum atomic E-state index is -4.73. The van der Waals surface area contributed by atoms with Crippen LogP contribution in [-0.4, -0.2) is 43.3 Å². The second kappa shape index (κ2) is 9.48. The molecule has 5 N–H and O–H groups in total. The lowest BCUT2D eigenvalue weighted by Crippen LogP contribution is -2.61. The summed E-state index contributed by atoms with van der Waals surface area (Å²) in [5.41, 5.74) is 12.9. The van der Waals surface area contributed by atoms with Gasteiger partial charge in [-0.25, -0.2) is 8.42 Å². The van der Waals surface area contributed by atoms with Gasteiger partial charge in [-0.15, -0.1) is 0 Å². The summed E-state index contributed by atoms with van der Waals surface area (Å²) in [7, 11) is -3.31. The Morgan fingerprint density at radius 3 is 2.33 bits per heavy atom. The molecule has 0 aliphatic carbocycles. The number of carbonyl (C=O) groups excluding carboxylic acids is 1. The van der Waals surface area contributed by atoms with Crippen molar-refractivity contribution >= 4 is 44.0 Å². The van der Waals surface area contributed by atoms with E-state index in [2.05, 4.69) is 0 Å². The second-order valence-corrected chi connectivity index (χ2v) is 10.1. The molecule has 0 radical (unpaired) electrons. The molecule has 3 aromatic rings. The number of hydrogen-bond donors (Lipinski definition) is 3. The smallest absolute Gasteiger partial charge is 0.306 e. The van der Waals surface area contributed by atoms with Gasteiger partial charge in [-0.1, -0.05) is 54.1 Å². The van der Waals surface area contributed by atoms with E-state index in [-0.39, 0.29) is 21.7 Å². The molecule has 0 heterocycles. The third kappa shape index (κ3) is 4.58. The summed E-state index contributed by atoms with van der Waals surface area (Å²) in [5.74, 6) is -2.32. The monoisotopic (exact) mass is 490 g/mol. The lowest BCUT2D eigenvalue weighted by atomic mass is 9.97. The number of rotatable bonds is 9. The number of carboxylic acids is 1. The number of nitrogens with two attached hydrogens (primary N) is 2. The summed E-state index contributed by atoms with van der Waals surface area (Å²) >= 11 is 6.33. The van der Waals surface area contributed by atoms with Gasteiger partial charge in [0.25, 0.3) is 0 Å². The topological polar surface area (TPSA) is 150 Å². The average molecular weight is 491 g/mol. The van der Waals surface area contributed by atoms with Crippen LogP contribution in [0.25, 0.3) is 10.8 Å². The molecule has 3 rings (SSSR count). The number of carbonyl (C=O) groups is 2. The Bertz CT molecular complexity index is 1310. The number of ether oxygens (including phenoxy) is 1. The van der Waals surface area contributed by atoms with Crippen LogP contribution in [0.3, 0.4) is 0 Å². The molecule has 8 nitrogen and oxygen atoms in total. The number of Topliss-reactive ketones (excluding diaryl/α,β-unsaturated/α-hetero) is 1. The Labute approximate surface area is 196 Å². The zero-order valence-electron chi connectivity index (χ0n) is 17.7. The van der Waals surface area contributed by atoms with Gasteiger partial charge < -0.3 is 21.3 Å². The summed E-state index contributed by atoms with van der Waals surface area (Å²) in [4.78, 5) is 21.8. The molecule has 2 atom stereocenters. The largest absolute Gasteiger partial charge is 0.495 e. The van der Waals surface area contributed by atoms with E-state index in [4.69, 9.17) is 27.8 Å². The molecule has 174 valence electrons. The molecule has 3 aromatic carbocycles. The van der Waals surface area contributed by atoms with Gasteiger partial charge in [0, 0.05) is 10.8 Å². The quantitative estimate of drug-likeness (QED) is 0.414. The van der Waals surface area contributed by atoms with Crippen LogP contribution in [-0.2, 0) is 25.8 Å². The first-order valence-electron chi connectivity index (χ1n) is 9.87. The SMILES string of the molecule is COc1ccc2c(S(=O)(=O)[C@](N)(CC(=O)O)C(=O)C(N)Cc3ccccc3)cccc2c1Cl. The first-order chi connectivity index (χ1) is 15.5. The van der Waals surface area contributed by atoms with Gasteiger partial charge in [0.05, 0.1) is 29.5 Å². The van der Waals surface area contributed by atoms with E-state index < -0.39 is 38.9 Å². The molecule has 0 aliphatic heterocycles. The summed E-state index contributed by atoms with van der Waals surface area (Å²) in [6.45, 7) is 0. The van der Waals surface area contributed by atoms with Gasteiger partial charge in [0.15, 0.2) is 10.7 Å². The number of ketones is 1. The van der Waals surface area contributed by atoms with E-state index in [1.165, 1.54) is 31.4 Å². The van der Waals surface area contributed by atoms with E-state index in [1.54, 1.807) is 36.4 Å². The molecule has 0 fully saturated rings. The Morgan fingerprint density at radius 2 is 1.73 bits per heavy atom. The van der Waals surface area contributed by atoms with Crippen LogP contribution in [0.15, 0.2) is 65.6 Å². The van der Waals surface area contributed by atoms with Crippen LogP contribution < -0.4 is 16.2 Å². The van der Waals surface area contributed by atoms with Crippen molar-refractivity contribution in [3.05, 3.63) is 71.2 Å². The molecule has 33 heavy (non-hydrogen) atoms. The first kappa shape index (κ1) is 24.7. The molecule has 0 saturated heterocycles. The molecular formula is C23H23ClN2O6S. The Balaban J connectivity index is 2.14. The van der Waals surface area contributed by atoms with E-state index >= 15 is 0 Å². The molecule has 1 unspecified atom stereocenters. The average Bonchev–Trinajstić information content (AvgIpc) is 2.78. The van der Waals surface area contributed by atoms with Crippen LogP contribution in [0.2, 0.25) is 5.02 Å². The predicted octanol–water partition coefficient (Wildman–Crippen LogP) is 2.54. The zero-order valence-corrected chi connectivity index (χ0v) is 19.3. The Hall–Kier alpha value is -2.98. The molecule has 10 heteroatoms. The summed E-state index contributed by atoms with van der Waals surface area (Å²) in [6, 6.07) is 14.5. The Kier molecular flexibility index (Phi) is 7.08. The maximum atomic E-state index is 13.7. The highest BCUT2D eigenvalue weighted by molar-refractivity contribution is 7.93. The van der Waals surface area contributed by atoms with Crippen molar-refractivity contribution in [3.63, 3.8) is 0 Å². The lowest BCUT2D eigenvalue weighted by Gasteiger charge is -2.29. The maximum absolute atomic E-state index is 13.7. The highest BCUT2D eigenvalue weighted by Gasteiger charge is 2.51. The van der Waals surface area contributed by atoms with Crippen LogP contribution in [0.5, 0.6) is 5.75 Å². The predicted molar refractivity (Wildman–Crippen MR) is 125 cm³/mol. The van der Waals surface area contributed by atoms with Gasteiger partial charge in [0.2, 0.25) is 9.84 Å². The molecule has 0 bridgehead atoms. The molecule has 0 saturated carbocycles. The summed E-state index contributed by atoms with van der Waals surface area (Å²) < 4.78 is 32.6. The van der Waals surface area contributed by atoms with Gasteiger partial charge in [0.1, 0.15) is 5.75 Å². The van der Waals surface area contributed by atoms with Crippen molar-refractivity contribution < 1.29 is 27.9 Å². The summed E-state index contributed by atoms with van der Waals surface area (Å²) in [6.07, 6.45) is -1.16. The Morgan fingerprint density at radius 1 is 1.06 bits per heavy atom. The van der Waals surface area contributed by atoms with E-state index in [0.717, 1.165) is 0 Å². The third-order valence-corrected chi connectivity index (χ3v) is 8.00. The number of aliphatic carboxylic acids is 1. The number of benzene rings is 3. The number of methoxy groups -OCH3 is 1. The zero-order chi connectivity index (χ0) is 24.4. The van der Waals surface area contributed by atoms with Crippen LogP contribution in [0.4, 0.5) is 0 Å². The second-order valence-electron chi connectivity index (χ2n) is 7.56. The van der Waals surface area contributed by atoms with Crippen molar-refractivity contribution in [3.8, 4) is 5.75 Å². The van der Waals surface area contributed by atoms with Crippen molar-refractivity contribution in [2.75, 3.05) is 7.11 Å². The van der Waals surface area contributed by atoms with E-state index in [0.29, 0.717) is 16.7 Å². The normalized spacial score (nSPS) is 14.4. The molecule has 0 spiro atoms. The minimum Gasteiger partial charge on any atom is -0.495 e. The lowest BCUT2D eigenvalue weighted by molar-refractivity contribution is -0.140. The summed E-state index contributed by atoms with van der Waals surface area (Å²) in [5, 5.41) is 10.1. The van der Waals surface area contributed by atoms with Gasteiger partial charge in [-0.05, 0) is 30.2 Å². The highest BCUT2D eigenvalue weighted by atomic mass is 35.5. The third-order valence-electron chi connectivity index (χ3n) is 5.38. The fraction of sp³-hybridized carbons (Fsp3) is 0.217. The van der Waals surface area contributed by atoms with Crippen molar-refractivity contribution in [1.29, 1.82) is 0 Å². The van der Waals surface area contributed by atoms with Gasteiger partial charge in [-0.3, -0.25) is 9.59 Å². The van der Waals surface area contributed by atoms with Gasteiger partial charge >= 0.3 is 5.97 Å². The number of halogens is 1. The van der Waals surface area contributed by atoms with E-state index in [1.807, 2.05) is 0 Å². The standard InChI is InChI=1S/C23H23ClN2O6S/c1-32-18-11-10-15-16(21(18)24)8-5-9-19(15)33(30,31)23(26,13-20(27)28)22(29)17(25)12-14-6-3-2-4-7-14/h2-11,17H,12-13,25-26H2,1H3,(H,27,28)/t17?,23-/m1/s1. The fourth-order valence-corrected chi connectivity index (χ4v) is 5.83. The molecule has 0 amide bonds. The number of fused-ring (bicyclic) bond motifs is 1. The molecule has 0 aromatic heterocycles.